The summed E-state index contributed by atoms with van der Waals surface area (Å²) in [7, 11) is 0. The van der Waals surface area contributed by atoms with E-state index < -0.39 is 0 Å². The first kappa shape index (κ1) is 29.5. The van der Waals surface area contributed by atoms with Gasteiger partial charge < -0.3 is 0 Å². The molecule has 0 N–H and O–H groups in total. The third-order valence-corrected chi connectivity index (χ3v) is 13.3. The maximum atomic E-state index is 4.79. The van der Waals surface area contributed by atoms with Gasteiger partial charge in [-0.2, -0.15) is 0 Å². The van der Waals surface area contributed by atoms with E-state index in [0.717, 1.165) is 45.0 Å². The highest BCUT2D eigenvalue weighted by Crippen LogP contribution is 2.42. The molecule has 0 fully saturated rings. The number of pyridine rings is 4. The molecule has 8 heteroatoms. The Bertz CT molecular complexity index is 2570. The number of rotatable bonds is 6. The summed E-state index contributed by atoms with van der Waals surface area (Å²) < 4.78 is 5.12. The van der Waals surface area contributed by atoms with E-state index in [1.807, 2.05) is 24.8 Å². The van der Waals surface area contributed by atoms with Gasteiger partial charge in [-0.3, -0.25) is 19.9 Å². The summed E-state index contributed by atoms with van der Waals surface area (Å²) in [6.45, 7) is 0. The summed E-state index contributed by atoms with van der Waals surface area (Å²) in [5.74, 6) is 0. The van der Waals surface area contributed by atoms with Gasteiger partial charge in [-0.25, -0.2) is 0 Å². The first-order chi connectivity index (χ1) is 24.7. The predicted octanol–water partition coefficient (Wildman–Crippen LogP) is 13.0. The average Bonchev–Trinajstić information content (AvgIpc) is 3.98. The van der Waals surface area contributed by atoms with Crippen LogP contribution in [0.5, 0.6) is 0 Å². The zero-order chi connectivity index (χ0) is 33.0. The maximum absolute atomic E-state index is 4.79. The van der Waals surface area contributed by atoms with Gasteiger partial charge in [-0.15, -0.1) is 45.3 Å². The SMILES string of the molecule is c1ccc2c(-c3ccc(-c4ccc(-c5cc6sc(-c7ccc(-c8ccc(-c9csc%10ccccc9%10)cn8)nc7)cc6s5)cn4)nc3)csc2c1. The monoisotopic (exact) mass is 712 g/mol. The first-order valence-electron chi connectivity index (χ1n) is 16.1. The molecule has 0 unspecified atom stereocenters. The molecule has 0 aliphatic rings. The summed E-state index contributed by atoms with van der Waals surface area (Å²) in [6.07, 6.45) is 7.82. The largest absolute Gasteiger partial charge is 0.254 e. The van der Waals surface area contributed by atoms with Crippen molar-refractivity contribution in [3.63, 3.8) is 0 Å². The van der Waals surface area contributed by atoms with Crippen LogP contribution in [0.3, 0.4) is 0 Å². The van der Waals surface area contributed by atoms with Gasteiger partial charge in [0, 0.05) is 97.5 Å². The lowest BCUT2D eigenvalue weighted by atomic mass is 10.1. The van der Waals surface area contributed by atoms with Crippen LogP contribution >= 0.6 is 45.3 Å². The van der Waals surface area contributed by atoms with Crippen molar-refractivity contribution in [3.8, 4) is 65.9 Å². The summed E-state index contributed by atoms with van der Waals surface area (Å²) in [5, 5.41) is 6.96. The average molecular weight is 713 g/mol. The van der Waals surface area contributed by atoms with Gasteiger partial charge in [0.25, 0.3) is 0 Å². The molecule has 50 heavy (non-hydrogen) atoms. The Hall–Kier alpha value is -5.38. The second kappa shape index (κ2) is 12.2. The molecule has 0 saturated heterocycles. The summed E-state index contributed by atoms with van der Waals surface area (Å²) >= 11 is 7.13. The van der Waals surface area contributed by atoms with Crippen LogP contribution in [0.25, 0.3) is 95.5 Å². The fourth-order valence-corrected chi connectivity index (χ4v) is 10.6. The Morgan fingerprint density at radius 3 is 1.12 bits per heavy atom. The lowest BCUT2D eigenvalue weighted by Crippen LogP contribution is -1.88. The van der Waals surface area contributed by atoms with Crippen molar-refractivity contribution in [2.24, 2.45) is 0 Å². The third kappa shape index (κ3) is 5.25. The quantitative estimate of drug-likeness (QED) is 0.172. The van der Waals surface area contributed by atoms with Crippen LogP contribution in [0, 0.1) is 0 Å². The lowest BCUT2D eigenvalue weighted by molar-refractivity contribution is 1.25. The van der Waals surface area contributed by atoms with Crippen molar-refractivity contribution >= 4 is 74.9 Å². The zero-order valence-electron chi connectivity index (χ0n) is 26.3. The second-order valence-electron chi connectivity index (χ2n) is 12.0. The summed E-state index contributed by atoms with van der Waals surface area (Å²) in [4.78, 5) is 21.5. The van der Waals surface area contributed by atoms with Crippen LogP contribution in [-0.4, -0.2) is 19.9 Å². The van der Waals surface area contributed by atoms with Crippen molar-refractivity contribution in [1.29, 1.82) is 0 Å². The van der Waals surface area contributed by atoms with E-state index in [0.29, 0.717) is 0 Å². The standard InChI is InChI=1S/C42H24N4S4/c1-3-7-37-29(5-1)31(23-47-37)25-9-13-33(43-19-25)35-15-11-27(21-45-35)39-17-41-42(49-39)18-40(50-41)28-12-16-36(46-22-28)34-14-10-26(20-44-34)32-24-48-38-8-4-2-6-30(32)38/h1-24H. The number of benzene rings is 2. The molecule has 0 amide bonds. The van der Waals surface area contributed by atoms with E-state index in [1.165, 1.54) is 50.5 Å². The highest BCUT2D eigenvalue weighted by atomic mass is 32.1. The minimum Gasteiger partial charge on any atom is -0.254 e. The molecule has 0 saturated carbocycles. The molecule has 0 aliphatic heterocycles. The van der Waals surface area contributed by atoms with Gasteiger partial charge in [-0.1, -0.05) is 48.5 Å². The molecule has 0 aliphatic carbocycles. The van der Waals surface area contributed by atoms with E-state index in [1.54, 1.807) is 45.3 Å². The highest BCUT2D eigenvalue weighted by Gasteiger charge is 2.13. The molecule has 0 radical (unpaired) electrons. The lowest BCUT2D eigenvalue weighted by Gasteiger charge is -2.04. The van der Waals surface area contributed by atoms with Gasteiger partial charge in [0.2, 0.25) is 0 Å². The number of aromatic nitrogens is 4. The minimum atomic E-state index is 0.870. The molecule has 8 heterocycles. The molecule has 10 rings (SSSR count). The highest BCUT2D eigenvalue weighted by molar-refractivity contribution is 7.31. The number of hydrogen-bond acceptors (Lipinski definition) is 8. The minimum absolute atomic E-state index is 0.870. The predicted molar refractivity (Wildman–Crippen MR) is 214 cm³/mol. The summed E-state index contributed by atoms with van der Waals surface area (Å²) in [5.41, 5.74) is 10.4. The topological polar surface area (TPSA) is 51.6 Å². The number of fused-ring (bicyclic) bond motifs is 3. The van der Waals surface area contributed by atoms with Crippen molar-refractivity contribution in [2.45, 2.75) is 0 Å². The zero-order valence-corrected chi connectivity index (χ0v) is 29.5. The number of thiophene rings is 4. The van der Waals surface area contributed by atoms with E-state index >= 15 is 0 Å². The second-order valence-corrected chi connectivity index (χ2v) is 16.0. The third-order valence-electron chi connectivity index (χ3n) is 8.94. The van der Waals surface area contributed by atoms with Gasteiger partial charge in [0.1, 0.15) is 0 Å². The van der Waals surface area contributed by atoms with Gasteiger partial charge in [0.15, 0.2) is 0 Å². The normalized spacial score (nSPS) is 11.6. The number of hydrogen-bond donors (Lipinski definition) is 0. The molecule has 0 atom stereocenters. The van der Waals surface area contributed by atoms with Crippen LogP contribution in [-0.2, 0) is 0 Å². The Balaban J connectivity index is 0.839. The van der Waals surface area contributed by atoms with Gasteiger partial charge in [-0.05, 0) is 71.4 Å². The Kier molecular flexibility index (Phi) is 7.20. The molecular formula is C42H24N4S4. The smallest absolute Gasteiger partial charge is 0.0886 e. The molecule has 2 aromatic carbocycles. The van der Waals surface area contributed by atoms with E-state index in [2.05, 4.69) is 120 Å². The first-order valence-corrected chi connectivity index (χ1v) is 19.4. The van der Waals surface area contributed by atoms with E-state index in [9.17, 15) is 0 Å². The molecule has 4 nitrogen and oxygen atoms in total. The molecular weight excluding hydrogens is 689 g/mol. The van der Waals surface area contributed by atoms with Crippen LogP contribution in [0.4, 0.5) is 0 Å². The van der Waals surface area contributed by atoms with Crippen molar-refractivity contribution in [1.82, 2.24) is 19.9 Å². The van der Waals surface area contributed by atoms with E-state index in [4.69, 9.17) is 19.9 Å². The van der Waals surface area contributed by atoms with Crippen LogP contribution in [0.2, 0.25) is 0 Å². The van der Waals surface area contributed by atoms with Crippen molar-refractivity contribution in [2.75, 3.05) is 0 Å². The number of nitrogens with zero attached hydrogens (tertiary/aromatic N) is 4. The Morgan fingerprint density at radius 1 is 0.360 bits per heavy atom. The summed E-state index contributed by atoms with van der Waals surface area (Å²) in [6, 6.07) is 38.4. The van der Waals surface area contributed by atoms with Crippen molar-refractivity contribution in [3.05, 3.63) is 145 Å². The molecule has 0 bridgehead atoms. The molecule has 8 aromatic heterocycles. The van der Waals surface area contributed by atoms with E-state index in [-0.39, 0.29) is 0 Å². The molecule has 10 aromatic rings. The fraction of sp³-hybridized carbons (Fsp3) is 0. The Morgan fingerprint density at radius 2 is 0.740 bits per heavy atom. The Labute approximate surface area is 303 Å². The van der Waals surface area contributed by atoms with Gasteiger partial charge >= 0.3 is 0 Å². The van der Waals surface area contributed by atoms with Gasteiger partial charge in [0.05, 0.1) is 22.8 Å². The van der Waals surface area contributed by atoms with Crippen LogP contribution in [0.15, 0.2) is 145 Å². The molecule has 0 spiro atoms. The fourth-order valence-electron chi connectivity index (χ4n) is 6.31. The molecule has 236 valence electrons. The maximum Gasteiger partial charge on any atom is 0.0886 e. The van der Waals surface area contributed by atoms with Crippen molar-refractivity contribution < 1.29 is 0 Å². The van der Waals surface area contributed by atoms with Crippen LogP contribution < -0.4 is 0 Å². The van der Waals surface area contributed by atoms with Crippen LogP contribution in [0.1, 0.15) is 0 Å².